The van der Waals surface area contributed by atoms with E-state index in [1.807, 2.05) is 30.9 Å². The largest absolute Gasteiger partial charge is 0.361 e. The zero-order valence-electron chi connectivity index (χ0n) is 13.3. The first-order valence-electron chi connectivity index (χ1n) is 7.61. The molecule has 0 aliphatic carbocycles. The standard InChI is InChI=1S/C16H19ClN4O2/c1-11-13(12(2)23-19-11)10-15(22)20-6-8-21(9-7-20)16-14(17)4-3-5-18-16/h3-5H,6-10H2,1-2H3. The molecule has 0 spiro atoms. The van der Waals surface area contributed by atoms with E-state index < -0.39 is 0 Å². The summed E-state index contributed by atoms with van der Waals surface area (Å²) in [6.07, 6.45) is 2.07. The van der Waals surface area contributed by atoms with Crippen molar-refractivity contribution in [3.05, 3.63) is 40.4 Å². The molecule has 0 atom stereocenters. The van der Waals surface area contributed by atoms with Crippen LogP contribution < -0.4 is 4.90 Å². The predicted molar refractivity (Wildman–Crippen MR) is 87.7 cm³/mol. The molecule has 1 amide bonds. The Morgan fingerprint density at radius 1 is 1.30 bits per heavy atom. The fraction of sp³-hybridized carbons (Fsp3) is 0.438. The maximum Gasteiger partial charge on any atom is 0.227 e. The molecule has 7 heteroatoms. The second kappa shape index (κ2) is 6.58. The molecule has 3 rings (SSSR count). The minimum absolute atomic E-state index is 0.103. The predicted octanol–water partition coefficient (Wildman–Crippen LogP) is 2.23. The summed E-state index contributed by atoms with van der Waals surface area (Å²) in [5, 5.41) is 4.54. The van der Waals surface area contributed by atoms with Crippen LogP contribution >= 0.6 is 11.6 Å². The molecular formula is C16H19ClN4O2. The summed E-state index contributed by atoms with van der Waals surface area (Å²) in [5.74, 6) is 1.60. The van der Waals surface area contributed by atoms with Crippen LogP contribution in [0.4, 0.5) is 5.82 Å². The minimum Gasteiger partial charge on any atom is -0.361 e. The van der Waals surface area contributed by atoms with Gasteiger partial charge in [-0.25, -0.2) is 4.98 Å². The average molecular weight is 335 g/mol. The van der Waals surface area contributed by atoms with Crippen LogP contribution in [0.2, 0.25) is 5.02 Å². The van der Waals surface area contributed by atoms with Crippen LogP contribution in [0.1, 0.15) is 17.0 Å². The van der Waals surface area contributed by atoms with Crippen molar-refractivity contribution in [3.63, 3.8) is 0 Å². The van der Waals surface area contributed by atoms with Gasteiger partial charge < -0.3 is 14.3 Å². The average Bonchev–Trinajstić information content (AvgIpc) is 2.87. The summed E-state index contributed by atoms with van der Waals surface area (Å²) in [4.78, 5) is 20.8. The van der Waals surface area contributed by atoms with Gasteiger partial charge in [0.25, 0.3) is 0 Å². The van der Waals surface area contributed by atoms with Gasteiger partial charge in [0.15, 0.2) is 0 Å². The maximum atomic E-state index is 12.5. The Morgan fingerprint density at radius 2 is 2.04 bits per heavy atom. The highest BCUT2D eigenvalue weighted by atomic mass is 35.5. The number of hydrogen-bond donors (Lipinski definition) is 0. The first-order chi connectivity index (χ1) is 11.1. The maximum absolute atomic E-state index is 12.5. The summed E-state index contributed by atoms with van der Waals surface area (Å²) in [7, 11) is 0. The summed E-state index contributed by atoms with van der Waals surface area (Å²) >= 11 is 6.18. The van der Waals surface area contributed by atoms with Crippen molar-refractivity contribution in [3.8, 4) is 0 Å². The molecule has 6 nitrogen and oxygen atoms in total. The number of carbonyl (C=O) groups excluding carboxylic acids is 1. The normalized spacial score (nSPS) is 15.1. The highest BCUT2D eigenvalue weighted by Gasteiger charge is 2.24. The number of carbonyl (C=O) groups is 1. The zero-order valence-corrected chi connectivity index (χ0v) is 14.0. The second-order valence-electron chi connectivity index (χ2n) is 5.66. The topological polar surface area (TPSA) is 62.5 Å². The van der Waals surface area contributed by atoms with Gasteiger partial charge in [0.05, 0.1) is 17.1 Å². The van der Waals surface area contributed by atoms with E-state index in [4.69, 9.17) is 16.1 Å². The van der Waals surface area contributed by atoms with Gasteiger partial charge in [-0.2, -0.15) is 0 Å². The van der Waals surface area contributed by atoms with Crippen LogP contribution in [-0.4, -0.2) is 47.1 Å². The highest BCUT2D eigenvalue weighted by molar-refractivity contribution is 6.32. The molecule has 1 aliphatic rings. The first-order valence-corrected chi connectivity index (χ1v) is 7.99. The van der Waals surface area contributed by atoms with Gasteiger partial charge in [-0.1, -0.05) is 16.8 Å². The van der Waals surface area contributed by atoms with Crippen molar-refractivity contribution in [1.82, 2.24) is 15.0 Å². The van der Waals surface area contributed by atoms with E-state index >= 15 is 0 Å². The number of amides is 1. The van der Waals surface area contributed by atoms with Crippen molar-refractivity contribution in [1.29, 1.82) is 0 Å². The van der Waals surface area contributed by atoms with Crippen molar-refractivity contribution >= 4 is 23.3 Å². The molecule has 0 N–H and O–H groups in total. The Kier molecular flexibility index (Phi) is 4.52. The Hall–Kier alpha value is -2.08. The molecule has 0 radical (unpaired) electrons. The molecule has 122 valence electrons. The third-order valence-electron chi connectivity index (χ3n) is 4.18. The fourth-order valence-electron chi connectivity index (χ4n) is 2.79. The van der Waals surface area contributed by atoms with Gasteiger partial charge in [0.2, 0.25) is 5.91 Å². The molecule has 2 aromatic heterocycles. The number of aromatic nitrogens is 2. The number of piperazine rings is 1. The Labute approximate surface area is 140 Å². The summed E-state index contributed by atoms with van der Waals surface area (Å²) < 4.78 is 5.12. The number of pyridine rings is 1. The lowest BCUT2D eigenvalue weighted by Crippen LogP contribution is -2.49. The van der Waals surface area contributed by atoms with Crippen molar-refractivity contribution in [2.45, 2.75) is 20.3 Å². The molecule has 0 aromatic carbocycles. The molecule has 0 bridgehead atoms. The molecule has 1 saturated heterocycles. The molecule has 0 unspecified atom stereocenters. The van der Waals surface area contributed by atoms with E-state index in [9.17, 15) is 4.79 Å². The lowest BCUT2D eigenvalue weighted by Gasteiger charge is -2.35. The van der Waals surface area contributed by atoms with Crippen LogP contribution in [0, 0.1) is 13.8 Å². The number of hydrogen-bond acceptors (Lipinski definition) is 5. The Bertz CT molecular complexity index is 688. The van der Waals surface area contributed by atoms with E-state index in [0.29, 0.717) is 24.5 Å². The first kappa shape index (κ1) is 15.8. The minimum atomic E-state index is 0.103. The quantitative estimate of drug-likeness (QED) is 0.861. The number of anilines is 1. The molecule has 1 aliphatic heterocycles. The third kappa shape index (κ3) is 3.32. The van der Waals surface area contributed by atoms with Crippen LogP contribution in [0.15, 0.2) is 22.9 Å². The second-order valence-corrected chi connectivity index (χ2v) is 6.06. The molecule has 0 saturated carbocycles. The van der Waals surface area contributed by atoms with E-state index in [2.05, 4.69) is 15.0 Å². The van der Waals surface area contributed by atoms with Crippen molar-refractivity contribution in [2.75, 3.05) is 31.1 Å². The smallest absolute Gasteiger partial charge is 0.227 e. The van der Waals surface area contributed by atoms with E-state index in [0.717, 1.165) is 35.9 Å². The Balaban J connectivity index is 1.61. The third-order valence-corrected chi connectivity index (χ3v) is 4.48. The summed E-state index contributed by atoms with van der Waals surface area (Å²) in [6.45, 7) is 6.47. The van der Waals surface area contributed by atoms with Gasteiger partial charge in [-0.05, 0) is 26.0 Å². The van der Waals surface area contributed by atoms with Crippen LogP contribution in [0.25, 0.3) is 0 Å². The van der Waals surface area contributed by atoms with Crippen molar-refractivity contribution < 1.29 is 9.32 Å². The highest BCUT2D eigenvalue weighted by Crippen LogP contribution is 2.23. The van der Waals surface area contributed by atoms with E-state index in [1.54, 1.807) is 6.20 Å². The van der Waals surface area contributed by atoms with Gasteiger partial charge >= 0.3 is 0 Å². The van der Waals surface area contributed by atoms with Crippen molar-refractivity contribution in [2.24, 2.45) is 0 Å². The van der Waals surface area contributed by atoms with Crippen LogP contribution in [0.5, 0.6) is 0 Å². The number of aryl methyl sites for hydroxylation is 2. The molecule has 1 fully saturated rings. The zero-order chi connectivity index (χ0) is 16.4. The van der Waals surface area contributed by atoms with Gasteiger partial charge in [0, 0.05) is 37.9 Å². The number of halogens is 1. The SMILES string of the molecule is Cc1noc(C)c1CC(=O)N1CCN(c2ncccc2Cl)CC1. The van der Waals surface area contributed by atoms with E-state index in [1.165, 1.54) is 0 Å². The molecule has 3 heterocycles. The monoisotopic (exact) mass is 334 g/mol. The van der Waals surface area contributed by atoms with Crippen LogP contribution in [-0.2, 0) is 11.2 Å². The summed E-state index contributed by atoms with van der Waals surface area (Å²) in [6, 6.07) is 3.65. The lowest BCUT2D eigenvalue weighted by molar-refractivity contribution is -0.130. The van der Waals surface area contributed by atoms with Gasteiger partial charge in [-0.15, -0.1) is 0 Å². The van der Waals surface area contributed by atoms with Gasteiger partial charge in [0.1, 0.15) is 11.6 Å². The van der Waals surface area contributed by atoms with Crippen LogP contribution in [0.3, 0.4) is 0 Å². The van der Waals surface area contributed by atoms with E-state index in [-0.39, 0.29) is 5.91 Å². The van der Waals surface area contributed by atoms with Gasteiger partial charge in [-0.3, -0.25) is 4.79 Å². The Morgan fingerprint density at radius 3 is 2.65 bits per heavy atom. The molecular weight excluding hydrogens is 316 g/mol. The molecule has 23 heavy (non-hydrogen) atoms. The number of rotatable bonds is 3. The summed E-state index contributed by atoms with van der Waals surface area (Å²) in [5.41, 5.74) is 1.68. The lowest BCUT2D eigenvalue weighted by atomic mass is 10.1. The molecule has 2 aromatic rings. The fourth-order valence-corrected chi connectivity index (χ4v) is 3.04. The number of nitrogens with zero attached hydrogens (tertiary/aromatic N) is 4.